The smallest absolute Gasteiger partial charge is 0.0794 e. The van der Waals surface area contributed by atoms with Crippen molar-refractivity contribution in [2.24, 2.45) is 0 Å². The molecular formula is C7H12ClNO. The first-order valence-corrected chi connectivity index (χ1v) is 3.82. The third-order valence-corrected chi connectivity index (χ3v) is 1.97. The Morgan fingerprint density at radius 3 is 2.80 bits per heavy atom. The Balaban J connectivity index is 2.16. The van der Waals surface area contributed by atoms with Crippen LogP contribution >= 0.6 is 11.6 Å². The van der Waals surface area contributed by atoms with Crippen molar-refractivity contribution >= 4 is 11.6 Å². The maximum Gasteiger partial charge on any atom is 0.0794 e. The zero-order chi connectivity index (χ0) is 7.56. The predicted octanol–water partition coefficient (Wildman–Crippen LogP) is 0.806. The summed E-state index contributed by atoms with van der Waals surface area (Å²) in [5.41, 5.74) is 2.73. The number of halogens is 1. The molecule has 0 aromatic rings. The van der Waals surface area contributed by atoms with Crippen LogP contribution in [0.2, 0.25) is 0 Å². The quantitative estimate of drug-likeness (QED) is 0.648. The van der Waals surface area contributed by atoms with E-state index in [1.807, 2.05) is 6.92 Å². The van der Waals surface area contributed by atoms with Crippen LogP contribution < -0.4 is 0 Å². The molecule has 1 heterocycles. The van der Waals surface area contributed by atoms with Gasteiger partial charge in [0.2, 0.25) is 0 Å². The lowest BCUT2D eigenvalue weighted by molar-refractivity contribution is 0.00832. The first-order valence-electron chi connectivity index (χ1n) is 3.38. The average Bonchev–Trinajstić information content (AvgIpc) is 1.84. The van der Waals surface area contributed by atoms with E-state index < -0.39 is 0 Å². The summed E-state index contributed by atoms with van der Waals surface area (Å²) in [5.74, 6) is 0. The van der Waals surface area contributed by atoms with Crippen molar-refractivity contribution in [3.05, 3.63) is 11.1 Å². The number of aliphatic hydroxyl groups excluding tert-OH is 1. The molecule has 3 heteroatoms. The molecule has 1 fully saturated rings. The normalized spacial score (nSPS) is 22.9. The molecule has 0 unspecified atom stereocenters. The molecule has 0 amide bonds. The van der Waals surface area contributed by atoms with Gasteiger partial charge in [-0.15, -0.1) is 0 Å². The van der Waals surface area contributed by atoms with Crippen LogP contribution in [0, 0.1) is 0 Å². The third-order valence-electron chi connectivity index (χ3n) is 1.60. The van der Waals surface area contributed by atoms with Crippen molar-refractivity contribution in [2.75, 3.05) is 19.6 Å². The van der Waals surface area contributed by atoms with Crippen molar-refractivity contribution in [1.82, 2.24) is 4.90 Å². The van der Waals surface area contributed by atoms with Gasteiger partial charge < -0.3 is 5.11 Å². The molecule has 0 bridgehead atoms. The highest BCUT2D eigenvalue weighted by Crippen LogP contribution is 2.09. The van der Waals surface area contributed by atoms with Gasteiger partial charge in [-0.2, -0.15) is 0 Å². The van der Waals surface area contributed by atoms with Gasteiger partial charge >= 0.3 is 0 Å². The van der Waals surface area contributed by atoms with Crippen LogP contribution in [-0.4, -0.2) is 35.7 Å². The third kappa shape index (κ3) is 1.97. The van der Waals surface area contributed by atoms with E-state index in [0.29, 0.717) is 0 Å². The number of β-amino-alcohol motifs (C(OH)–C–C–N with tert-alkyl or cyclic N) is 1. The van der Waals surface area contributed by atoms with Crippen LogP contribution in [-0.2, 0) is 0 Å². The maximum absolute atomic E-state index is 8.91. The second kappa shape index (κ2) is 3.37. The molecule has 0 radical (unpaired) electrons. The molecular weight excluding hydrogens is 150 g/mol. The summed E-state index contributed by atoms with van der Waals surface area (Å²) in [6.45, 7) is 4.46. The molecule has 0 atom stereocenters. The van der Waals surface area contributed by atoms with Crippen LogP contribution in [0.15, 0.2) is 11.1 Å². The monoisotopic (exact) mass is 161 g/mol. The van der Waals surface area contributed by atoms with Gasteiger partial charge in [0, 0.05) is 25.2 Å². The Morgan fingerprint density at radius 2 is 2.40 bits per heavy atom. The fourth-order valence-electron chi connectivity index (χ4n) is 1.06. The molecule has 0 saturated carbocycles. The largest absolute Gasteiger partial charge is 0.390 e. The van der Waals surface area contributed by atoms with E-state index in [0.717, 1.165) is 25.2 Å². The van der Waals surface area contributed by atoms with Crippen molar-refractivity contribution < 1.29 is 5.11 Å². The van der Waals surface area contributed by atoms with Gasteiger partial charge in [-0.05, 0) is 12.5 Å². The van der Waals surface area contributed by atoms with Crippen molar-refractivity contribution in [2.45, 2.75) is 13.0 Å². The van der Waals surface area contributed by atoms with Gasteiger partial charge in [0.15, 0.2) is 0 Å². The van der Waals surface area contributed by atoms with Gasteiger partial charge in [-0.3, -0.25) is 4.90 Å². The first-order chi connectivity index (χ1) is 4.72. The minimum atomic E-state index is -0.108. The zero-order valence-corrected chi connectivity index (χ0v) is 6.80. The number of nitrogens with zero attached hydrogens (tertiary/aromatic N) is 1. The maximum atomic E-state index is 8.91. The lowest BCUT2D eigenvalue weighted by Crippen LogP contribution is -2.50. The van der Waals surface area contributed by atoms with Crippen molar-refractivity contribution in [3.8, 4) is 0 Å². The molecule has 0 aromatic carbocycles. The summed E-state index contributed by atoms with van der Waals surface area (Å²) in [6.07, 6.45) is -0.108. The summed E-state index contributed by atoms with van der Waals surface area (Å²) in [7, 11) is 0. The zero-order valence-electron chi connectivity index (χ0n) is 6.05. The van der Waals surface area contributed by atoms with Crippen molar-refractivity contribution in [1.29, 1.82) is 0 Å². The molecule has 0 aromatic heterocycles. The lowest BCUT2D eigenvalue weighted by atomic mass is 10.1. The SMILES string of the molecule is C/C(=C\Cl)CN1CC(O)C1. The van der Waals surface area contributed by atoms with Crippen LogP contribution in [0.3, 0.4) is 0 Å². The summed E-state index contributed by atoms with van der Waals surface area (Å²) < 4.78 is 0. The standard InChI is InChI=1S/C7H12ClNO/c1-6(2-8)3-9-4-7(10)5-9/h2,7,10H,3-5H2,1H3/b6-2+. The van der Waals surface area contributed by atoms with Crippen molar-refractivity contribution in [3.63, 3.8) is 0 Å². The Bertz CT molecular complexity index is 141. The number of aliphatic hydroxyl groups is 1. The Hall–Kier alpha value is -0.0500. The minimum absolute atomic E-state index is 0.108. The molecule has 1 N–H and O–H groups in total. The fraction of sp³-hybridized carbons (Fsp3) is 0.714. The van der Waals surface area contributed by atoms with Gasteiger partial charge in [-0.25, -0.2) is 0 Å². The van der Waals surface area contributed by atoms with E-state index in [1.54, 1.807) is 5.54 Å². The van der Waals surface area contributed by atoms with E-state index in [4.69, 9.17) is 16.7 Å². The van der Waals surface area contributed by atoms with Crippen LogP contribution in [0.1, 0.15) is 6.92 Å². The summed E-state index contributed by atoms with van der Waals surface area (Å²) in [5, 5.41) is 8.91. The second-order valence-corrected chi connectivity index (χ2v) is 3.02. The highest BCUT2D eigenvalue weighted by Gasteiger charge is 2.23. The first kappa shape index (κ1) is 8.05. The summed E-state index contributed by atoms with van der Waals surface area (Å²) >= 11 is 5.46. The lowest BCUT2D eigenvalue weighted by Gasteiger charge is -2.35. The van der Waals surface area contributed by atoms with Gasteiger partial charge in [-0.1, -0.05) is 11.6 Å². The topological polar surface area (TPSA) is 23.5 Å². The van der Waals surface area contributed by atoms with E-state index in [-0.39, 0.29) is 6.10 Å². The molecule has 1 saturated heterocycles. The van der Waals surface area contributed by atoms with E-state index >= 15 is 0 Å². The van der Waals surface area contributed by atoms with Gasteiger partial charge in [0.05, 0.1) is 6.10 Å². The highest BCUT2D eigenvalue weighted by atomic mass is 35.5. The number of hydrogen-bond acceptors (Lipinski definition) is 2. The molecule has 2 nitrogen and oxygen atoms in total. The predicted molar refractivity (Wildman–Crippen MR) is 42.1 cm³/mol. The van der Waals surface area contributed by atoms with Gasteiger partial charge in [0.25, 0.3) is 0 Å². The van der Waals surface area contributed by atoms with Crippen LogP contribution in [0.25, 0.3) is 0 Å². The Labute approximate surface area is 66.1 Å². The molecule has 1 aliphatic heterocycles. The molecule has 1 aliphatic rings. The minimum Gasteiger partial charge on any atom is -0.390 e. The van der Waals surface area contributed by atoms with E-state index in [9.17, 15) is 0 Å². The molecule has 10 heavy (non-hydrogen) atoms. The van der Waals surface area contributed by atoms with Crippen LogP contribution in [0.5, 0.6) is 0 Å². The fourth-order valence-corrected chi connectivity index (χ4v) is 1.13. The summed E-state index contributed by atoms with van der Waals surface area (Å²) in [4.78, 5) is 2.15. The Morgan fingerprint density at radius 1 is 1.80 bits per heavy atom. The highest BCUT2D eigenvalue weighted by molar-refractivity contribution is 6.25. The molecule has 1 rings (SSSR count). The Kier molecular flexibility index (Phi) is 2.72. The van der Waals surface area contributed by atoms with E-state index in [1.165, 1.54) is 0 Å². The number of likely N-dealkylation sites (tertiary alicyclic amines) is 1. The number of hydrogen-bond donors (Lipinski definition) is 1. The average molecular weight is 162 g/mol. The molecule has 0 aliphatic carbocycles. The van der Waals surface area contributed by atoms with E-state index in [2.05, 4.69) is 4.90 Å². The number of rotatable bonds is 2. The molecule has 0 spiro atoms. The summed E-state index contributed by atoms with van der Waals surface area (Å²) in [6, 6.07) is 0. The second-order valence-electron chi connectivity index (χ2n) is 2.80. The van der Waals surface area contributed by atoms with Crippen LogP contribution in [0.4, 0.5) is 0 Å². The van der Waals surface area contributed by atoms with Gasteiger partial charge in [0.1, 0.15) is 0 Å². The molecule has 58 valence electrons.